The highest BCUT2D eigenvalue weighted by Gasteiger charge is 2.34. The van der Waals surface area contributed by atoms with Crippen LogP contribution in [-0.4, -0.2) is 20.8 Å². The molecular formula is C14H22N4. The van der Waals surface area contributed by atoms with Crippen LogP contribution in [0.15, 0.2) is 0 Å². The molecule has 98 valence electrons. The molecule has 3 unspecified atom stereocenters. The lowest BCUT2D eigenvalue weighted by molar-refractivity contribution is 0.171. The van der Waals surface area contributed by atoms with E-state index in [0.717, 1.165) is 24.9 Å². The maximum atomic E-state index is 4.45. The molecule has 3 heterocycles. The zero-order valence-electron chi connectivity index (χ0n) is 10.9. The van der Waals surface area contributed by atoms with Crippen LogP contribution in [0.4, 0.5) is 0 Å². The maximum absolute atomic E-state index is 4.45. The van der Waals surface area contributed by atoms with Gasteiger partial charge in [-0.05, 0) is 38.0 Å². The van der Waals surface area contributed by atoms with Gasteiger partial charge in [0, 0.05) is 19.0 Å². The summed E-state index contributed by atoms with van der Waals surface area (Å²) in [7, 11) is 0. The monoisotopic (exact) mass is 246 g/mol. The molecule has 18 heavy (non-hydrogen) atoms. The van der Waals surface area contributed by atoms with Crippen LogP contribution in [0.25, 0.3) is 0 Å². The van der Waals surface area contributed by atoms with Crippen LogP contribution < -0.4 is 5.32 Å². The van der Waals surface area contributed by atoms with Gasteiger partial charge in [0.05, 0.1) is 6.04 Å². The molecule has 4 rings (SSSR count). The Kier molecular flexibility index (Phi) is 2.64. The van der Waals surface area contributed by atoms with Crippen LogP contribution in [0.3, 0.4) is 0 Å². The molecule has 3 aliphatic rings. The molecule has 2 fully saturated rings. The summed E-state index contributed by atoms with van der Waals surface area (Å²) in [6, 6.07) is 1.20. The first kappa shape index (κ1) is 11.0. The van der Waals surface area contributed by atoms with Crippen LogP contribution in [-0.2, 0) is 13.0 Å². The average Bonchev–Trinajstić information content (AvgIpc) is 3.00. The summed E-state index contributed by atoms with van der Waals surface area (Å²) in [4.78, 5) is 0. The van der Waals surface area contributed by atoms with Gasteiger partial charge < -0.3 is 9.88 Å². The Bertz CT molecular complexity index is 439. The molecular weight excluding hydrogens is 224 g/mol. The molecule has 3 atom stereocenters. The minimum absolute atomic E-state index is 0.462. The second kappa shape index (κ2) is 4.34. The molecule has 0 aromatic carbocycles. The van der Waals surface area contributed by atoms with Crippen LogP contribution in [0.5, 0.6) is 0 Å². The van der Waals surface area contributed by atoms with Crippen molar-refractivity contribution < 1.29 is 0 Å². The highest BCUT2D eigenvalue weighted by atomic mass is 15.3. The van der Waals surface area contributed by atoms with Gasteiger partial charge in [-0.25, -0.2) is 0 Å². The highest BCUT2D eigenvalue weighted by molar-refractivity contribution is 5.07. The average molecular weight is 246 g/mol. The van der Waals surface area contributed by atoms with E-state index in [4.69, 9.17) is 0 Å². The van der Waals surface area contributed by atoms with Crippen LogP contribution in [0, 0.1) is 5.92 Å². The summed E-state index contributed by atoms with van der Waals surface area (Å²) in [5.41, 5.74) is 0. The predicted molar refractivity (Wildman–Crippen MR) is 69.2 cm³/mol. The summed E-state index contributed by atoms with van der Waals surface area (Å²) in [5.74, 6) is 3.35. The van der Waals surface area contributed by atoms with E-state index < -0.39 is 0 Å². The highest BCUT2D eigenvalue weighted by Crippen LogP contribution is 2.36. The fraction of sp³-hybridized carbons (Fsp3) is 0.857. The first-order valence-electron chi connectivity index (χ1n) is 7.60. The Morgan fingerprint density at radius 2 is 1.94 bits per heavy atom. The molecule has 0 amide bonds. The molecule has 1 N–H and O–H groups in total. The van der Waals surface area contributed by atoms with E-state index in [2.05, 4.69) is 20.1 Å². The number of rotatable bonds is 1. The first-order valence-corrected chi connectivity index (χ1v) is 7.60. The Morgan fingerprint density at radius 3 is 2.94 bits per heavy atom. The van der Waals surface area contributed by atoms with E-state index >= 15 is 0 Å². The number of piperidine rings is 1. The lowest BCUT2D eigenvalue weighted by Crippen LogP contribution is -2.45. The van der Waals surface area contributed by atoms with Crippen molar-refractivity contribution in [1.82, 2.24) is 20.1 Å². The molecule has 1 aromatic rings. The third kappa shape index (κ3) is 1.69. The van der Waals surface area contributed by atoms with Crippen molar-refractivity contribution in [3.63, 3.8) is 0 Å². The van der Waals surface area contributed by atoms with Gasteiger partial charge >= 0.3 is 0 Å². The third-order valence-electron chi connectivity index (χ3n) is 5.10. The Labute approximate surface area is 108 Å². The molecule has 1 aliphatic carbocycles. The van der Waals surface area contributed by atoms with Gasteiger partial charge in [0.2, 0.25) is 0 Å². The molecule has 0 radical (unpaired) electrons. The lowest BCUT2D eigenvalue weighted by atomic mass is 9.77. The van der Waals surface area contributed by atoms with Crippen LogP contribution >= 0.6 is 0 Å². The fourth-order valence-corrected chi connectivity index (χ4v) is 4.13. The maximum Gasteiger partial charge on any atom is 0.150 e. The van der Waals surface area contributed by atoms with Crippen LogP contribution in [0.2, 0.25) is 0 Å². The molecule has 2 aliphatic heterocycles. The van der Waals surface area contributed by atoms with Crippen molar-refractivity contribution in [2.75, 3.05) is 0 Å². The minimum atomic E-state index is 0.462. The van der Waals surface area contributed by atoms with Gasteiger partial charge in [-0.3, -0.25) is 0 Å². The number of hydrogen-bond donors (Lipinski definition) is 1. The van der Waals surface area contributed by atoms with E-state index in [1.807, 2.05) is 0 Å². The van der Waals surface area contributed by atoms with Crippen molar-refractivity contribution in [3.8, 4) is 0 Å². The van der Waals surface area contributed by atoms with E-state index in [1.165, 1.54) is 56.6 Å². The zero-order valence-corrected chi connectivity index (χ0v) is 10.9. The number of aryl methyl sites for hydroxylation is 1. The molecule has 1 saturated heterocycles. The van der Waals surface area contributed by atoms with Gasteiger partial charge in [0.1, 0.15) is 11.6 Å². The van der Waals surface area contributed by atoms with Gasteiger partial charge in [-0.2, -0.15) is 0 Å². The Hall–Kier alpha value is -0.900. The van der Waals surface area contributed by atoms with Crippen molar-refractivity contribution in [2.45, 2.75) is 70.0 Å². The first-order chi connectivity index (χ1) is 8.92. The number of fused-ring (bicyclic) bond motifs is 2. The normalized spacial score (nSPS) is 35.2. The van der Waals surface area contributed by atoms with E-state index in [9.17, 15) is 0 Å². The second-order valence-electron chi connectivity index (χ2n) is 6.18. The molecule has 4 nitrogen and oxygen atoms in total. The Balaban J connectivity index is 1.55. The van der Waals surface area contributed by atoms with Gasteiger partial charge in [-0.15, -0.1) is 10.2 Å². The summed E-state index contributed by atoms with van der Waals surface area (Å²) in [5, 5.41) is 12.7. The molecule has 1 saturated carbocycles. The van der Waals surface area contributed by atoms with E-state index in [1.54, 1.807) is 0 Å². The number of hydrogen-bond acceptors (Lipinski definition) is 3. The summed E-state index contributed by atoms with van der Waals surface area (Å²) in [6.07, 6.45) is 10.6. The lowest BCUT2D eigenvalue weighted by Gasteiger charge is -2.40. The smallest absolute Gasteiger partial charge is 0.150 e. The van der Waals surface area contributed by atoms with Crippen molar-refractivity contribution >= 4 is 0 Å². The molecule has 1 aromatic heterocycles. The summed E-state index contributed by atoms with van der Waals surface area (Å²) in [6.45, 7) is 1.13. The van der Waals surface area contributed by atoms with E-state index in [-0.39, 0.29) is 0 Å². The second-order valence-corrected chi connectivity index (χ2v) is 6.18. The fourth-order valence-electron chi connectivity index (χ4n) is 4.13. The SMILES string of the molecule is C1CCC2NC(c3nnc4n3CCC4)CCC2C1. The van der Waals surface area contributed by atoms with E-state index in [0.29, 0.717) is 6.04 Å². The van der Waals surface area contributed by atoms with Gasteiger partial charge in [-0.1, -0.05) is 12.8 Å². The molecule has 4 heteroatoms. The summed E-state index contributed by atoms with van der Waals surface area (Å²) < 4.78 is 2.36. The van der Waals surface area contributed by atoms with Crippen molar-refractivity contribution in [3.05, 3.63) is 11.6 Å². The largest absolute Gasteiger partial charge is 0.314 e. The Morgan fingerprint density at radius 1 is 1.00 bits per heavy atom. The number of nitrogens with one attached hydrogen (secondary N) is 1. The quantitative estimate of drug-likeness (QED) is 0.826. The van der Waals surface area contributed by atoms with Crippen molar-refractivity contribution in [1.29, 1.82) is 0 Å². The zero-order chi connectivity index (χ0) is 11.9. The van der Waals surface area contributed by atoms with Crippen LogP contribution in [0.1, 0.15) is 62.6 Å². The standard InChI is InChI=1S/C14H22N4/c1-2-5-11-10(4-1)7-8-12(15-11)14-17-16-13-6-3-9-18(13)14/h10-12,15H,1-9H2. The minimum Gasteiger partial charge on any atom is -0.314 e. The predicted octanol–water partition coefficient (Wildman–Crippen LogP) is 2.21. The molecule has 0 bridgehead atoms. The number of aromatic nitrogens is 3. The topological polar surface area (TPSA) is 42.7 Å². The third-order valence-corrected chi connectivity index (χ3v) is 5.10. The molecule has 0 spiro atoms. The number of nitrogens with zero attached hydrogens (tertiary/aromatic N) is 3. The van der Waals surface area contributed by atoms with Crippen molar-refractivity contribution in [2.24, 2.45) is 5.92 Å². The van der Waals surface area contributed by atoms with Gasteiger partial charge in [0.25, 0.3) is 0 Å². The van der Waals surface area contributed by atoms with Gasteiger partial charge in [0.15, 0.2) is 0 Å². The summed E-state index contributed by atoms with van der Waals surface area (Å²) >= 11 is 0.